The first-order chi connectivity index (χ1) is 11.8. The molecule has 2 atom stereocenters. The Kier molecular flexibility index (Phi) is 4.09. The third-order valence-electron chi connectivity index (χ3n) is 3.83. The van der Waals surface area contributed by atoms with Gasteiger partial charge in [-0.3, -0.25) is 0 Å². The van der Waals surface area contributed by atoms with E-state index in [1.165, 1.54) is 5.56 Å². The Morgan fingerprint density at radius 2 is 1.71 bits per heavy atom. The molecule has 120 valence electrons. The van der Waals surface area contributed by atoms with Crippen LogP contribution in [0.15, 0.2) is 79.9 Å². The summed E-state index contributed by atoms with van der Waals surface area (Å²) < 4.78 is 11.1. The number of rotatable bonds is 3. The summed E-state index contributed by atoms with van der Waals surface area (Å²) >= 11 is 1.60. The minimum atomic E-state index is -0.124. The summed E-state index contributed by atoms with van der Waals surface area (Å²) in [4.78, 5) is 9.28. The highest BCUT2D eigenvalue weighted by molar-refractivity contribution is 8.14. The molecule has 4 rings (SSSR count). The van der Waals surface area contributed by atoms with Gasteiger partial charge in [-0.1, -0.05) is 41.6 Å². The largest absolute Gasteiger partial charge is 0.468 e. The minimum absolute atomic E-state index is 0.0383. The van der Waals surface area contributed by atoms with Crippen LogP contribution in [0.3, 0.4) is 0 Å². The lowest BCUT2D eigenvalue weighted by molar-refractivity contribution is 0.432. The zero-order valence-electron chi connectivity index (χ0n) is 13.1. The molecule has 3 aromatic rings. The molecule has 0 saturated carbocycles. The van der Waals surface area contributed by atoms with Crippen LogP contribution in [-0.2, 0) is 0 Å². The molecule has 1 aliphatic heterocycles. The number of thioether (sulfide) groups is 1. The molecule has 0 amide bonds. The highest BCUT2D eigenvalue weighted by Crippen LogP contribution is 2.48. The highest BCUT2D eigenvalue weighted by atomic mass is 32.2. The normalized spacial score (nSPS) is 20.6. The third kappa shape index (κ3) is 3.08. The van der Waals surface area contributed by atoms with Crippen molar-refractivity contribution >= 4 is 23.1 Å². The Labute approximate surface area is 144 Å². The van der Waals surface area contributed by atoms with Gasteiger partial charge >= 0.3 is 0 Å². The molecule has 3 heterocycles. The second-order valence-corrected chi connectivity index (χ2v) is 6.70. The third-order valence-corrected chi connectivity index (χ3v) is 4.99. The molecular weight excluding hydrogens is 320 g/mol. The summed E-state index contributed by atoms with van der Waals surface area (Å²) in [7, 11) is 0. The molecule has 4 nitrogen and oxygen atoms in total. The number of hydrogen-bond acceptors (Lipinski definition) is 5. The van der Waals surface area contributed by atoms with Crippen molar-refractivity contribution in [2.75, 3.05) is 0 Å². The van der Waals surface area contributed by atoms with E-state index in [1.54, 1.807) is 24.3 Å². The quantitative estimate of drug-likeness (QED) is 0.619. The Hall–Kier alpha value is -2.53. The predicted octanol–water partition coefficient (Wildman–Crippen LogP) is 5.19. The van der Waals surface area contributed by atoms with E-state index in [-0.39, 0.29) is 11.3 Å². The monoisotopic (exact) mass is 336 g/mol. The van der Waals surface area contributed by atoms with E-state index in [0.29, 0.717) is 0 Å². The van der Waals surface area contributed by atoms with Crippen LogP contribution in [-0.4, -0.2) is 11.4 Å². The van der Waals surface area contributed by atoms with Gasteiger partial charge in [0.05, 0.1) is 12.5 Å². The van der Waals surface area contributed by atoms with Gasteiger partial charge in [-0.2, -0.15) is 0 Å². The van der Waals surface area contributed by atoms with Gasteiger partial charge in [-0.15, -0.1) is 0 Å². The van der Waals surface area contributed by atoms with E-state index in [0.717, 1.165) is 22.3 Å². The van der Waals surface area contributed by atoms with E-state index in [4.69, 9.17) is 13.8 Å². The van der Waals surface area contributed by atoms with Crippen molar-refractivity contribution in [1.29, 1.82) is 0 Å². The molecule has 2 aromatic heterocycles. The van der Waals surface area contributed by atoms with Gasteiger partial charge in [0, 0.05) is 6.21 Å². The number of furan rings is 2. The summed E-state index contributed by atoms with van der Waals surface area (Å²) in [5.74, 6) is 1.70. The van der Waals surface area contributed by atoms with Crippen molar-refractivity contribution in [1.82, 2.24) is 0 Å². The van der Waals surface area contributed by atoms with Gasteiger partial charge in [0.25, 0.3) is 0 Å². The maximum atomic E-state index is 5.58. The standard InChI is InChI=1S/C19H16N2O2S/c1-13-6-8-14(9-7-13)12-20-19-21-17(15-4-2-10-22-15)18(24-19)16-5-3-11-23-16/h2-12,17-18H,1H3/t17-,18+/m0/s1. The maximum absolute atomic E-state index is 5.58. The fourth-order valence-electron chi connectivity index (χ4n) is 2.58. The van der Waals surface area contributed by atoms with Crippen LogP contribution < -0.4 is 0 Å². The highest BCUT2D eigenvalue weighted by Gasteiger charge is 2.36. The van der Waals surface area contributed by atoms with E-state index in [9.17, 15) is 0 Å². The summed E-state index contributed by atoms with van der Waals surface area (Å²) in [5.41, 5.74) is 2.29. The Morgan fingerprint density at radius 1 is 1.00 bits per heavy atom. The molecule has 1 aliphatic rings. The number of aryl methyl sites for hydroxylation is 1. The molecule has 0 radical (unpaired) electrons. The molecule has 0 unspecified atom stereocenters. The molecule has 0 aliphatic carbocycles. The maximum Gasteiger partial charge on any atom is 0.184 e. The number of nitrogens with zero attached hydrogens (tertiary/aromatic N) is 2. The van der Waals surface area contributed by atoms with Crippen LogP contribution >= 0.6 is 11.8 Å². The Bertz CT molecular complexity index is 849. The van der Waals surface area contributed by atoms with Crippen LogP contribution in [0.1, 0.15) is 33.9 Å². The van der Waals surface area contributed by atoms with E-state index >= 15 is 0 Å². The summed E-state index contributed by atoms with van der Waals surface area (Å²) in [6.07, 6.45) is 5.19. The molecule has 0 saturated heterocycles. The Balaban J connectivity index is 1.59. The molecule has 5 heteroatoms. The van der Waals surface area contributed by atoms with Crippen LogP contribution in [0.2, 0.25) is 0 Å². The predicted molar refractivity (Wildman–Crippen MR) is 96.7 cm³/mol. The first-order valence-electron chi connectivity index (χ1n) is 7.71. The fraction of sp³-hybridized carbons (Fsp3) is 0.158. The smallest absolute Gasteiger partial charge is 0.184 e. The van der Waals surface area contributed by atoms with Gasteiger partial charge in [0.1, 0.15) is 22.8 Å². The van der Waals surface area contributed by atoms with Crippen molar-refractivity contribution in [2.45, 2.75) is 18.2 Å². The molecule has 0 bridgehead atoms. The van der Waals surface area contributed by atoms with Gasteiger partial charge in [0.2, 0.25) is 0 Å². The Morgan fingerprint density at radius 3 is 2.38 bits per heavy atom. The average molecular weight is 336 g/mol. The lowest BCUT2D eigenvalue weighted by atomic mass is 10.1. The molecular formula is C19H16N2O2S. The summed E-state index contributed by atoms with van der Waals surface area (Å²) in [6, 6.07) is 15.8. The first kappa shape index (κ1) is 15.0. The van der Waals surface area contributed by atoms with Crippen molar-refractivity contribution in [3.63, 3.8) is 0 Å². The van der Waals surface area contributed by atoms with E-state index in [1.807, 2.05) is 42.6 Å². The van der Waals surface area contributed by atoms with Gasteiger partial charge in [-0.25, -0.2) is 9.98 Å². The van der Waals surface area contributed by atoms with E-state index in [2.05, 4.69) is 24.0 Å². The van der Waals surface area contributed by atoms with Crippen LogP contribution in [0.25, 0.3) is 0 Å². The molecule has 0 fully saturated rings. The van der Waals surface area contributed by atoms with Gasteiger partial charge in [0.15, 0.2) is 5.17 Å². The number of amidine groups is 1. The minimum Gasteiger partial charge on any atom is -0.468 e. The second kappa shape index (κ2) is 6.53. The van der Waals surface area contributed by atoms with Crippen LogP contribution in [0.4, 0.5) is 0 Å². The first-order valence-corrected chi connectivity index (χ1v) is 8.59. The van der Waals surface area contributed by atoms with Crippen molar-refractivity contribution in [3.8, 4) is 0 Å². The summed E-state index contributed by atoms with van der Waals surface area (Å²) in [6.45, 7) is 2.07. The number of aliphatic imine (C=N–C) groups is 2. The molecule has 24 heavy (non-hydrogen) atoms. The fourth-order valence-corrected chi connectivity index (χ4v) is 3.67. The van der Waals surface area contributed by atoms with Crippen molar-refractivity contribution in [2.24, 2.45) is 9.98 Å². The second-order valence-electron chi connectivity index (χ2n) is 5.59. The van der Waals surface area contributed by atoms with Gasteiger partial charge in [-0.05, 0) is 36.8 Å². The molecule has 0 N–H and O–H groups in total. The number of hydrogen-bond donors (Lipinski definition) is 0. The zero-order valence-corrected chi connectivity index (χ0v) is 13.9. The zero-order chi connectivity index (χ0) is 16.4. The number of benzene rings is 1. The van der Waals surface area contributed by atoms with Crippen molar-refractivity contribution in [3.05, 3.63) is 83.7 Å². The van der Waals surface area contributed by atoms with Crippen LogP contribution in [0.5, 0.6) is 0 Å². The van der Waals surface area contributed by atoms with Gasteiger partial charge < -0.3 is 8.83 Å². The lowest BCUT2D eigenvalue weighted by Gasteiger charge is -2.11. The molecule has 0 spiro atoms. The topological polar surface area (TPSA) is 51.0 Å². The average Bonchev–Trinajstić information content (AvgIpc) is 3.33. The van der Waals surface area contributed by atoms with E-state index < -0.39 is 0 Å². The van der Waals surface area contributed by atoms with Crippen molar-refractivity contribution < 1.29 is 8.83 Å². The summed E-state index contributed by atoms with van der Waals surface area (Å²) in [5, 5.41) is 0.773. The molecule has 1 aromatic carbocycles. The lowest BCUT2D eigenvalue weighted by Crippen LogP contribution is -1.99. The SMILES string of the molecule is Cc1ccc(C=NC2=N[C@@H](c3ccco3)[C@@H](c3ccco3)S2)cc1. The van der Waals surface area contributed by atoms with Crippen LogP contribution in [0, 0.1) is 6.92 Å².